The Morgan fingerprint density at radius 3 is 2.07 bits per heavy atom. The van der Waals surface area contributed by atoms with Crippen molar-refractivity contribution in [3.63, 3.8) is 0 Å². The predicted molar refractivity (Wildman–Crippen MR) is 119 cm³/mol. The van der Waals surface area contributed by atoms with Crippen LogP contribution in [0.3, 0.4) is 0 Å². The molecule has 4 rings (SSSR count). The van der Waals surface area contributed by atoms with Crippen LogP contribution in [-0.4, -0.2) is 5.91 Å². The lowest BCUT2D eigenvalue weighted by atomic mass is 9.75. The first kappa shape index (κ1) is 19.4. The van der Waals surface area contributed by atoms with Crippen molar-refractivity contribution < 1.29 is 4.79 Å². The number of hydrogen-bond acceptors (Lipinski definition) is 1. The van der Waals surface area contributed by atoms with Crippen molar-refractivity contribution in [3.05, 3.63) is 107 Å². The Balaban J connectivity index is 1.60. The zero-order chi connectivity index (χ0) is 20.1. The van der Waals surface area contributed by atoms with Crippen LogP contribution in [0.25, 0.3) is 0 Å². The van der Waals surface area contributed by atoms with Gasteiger partial charge in [-0.15, -0.1) is 0 Å². The van der Waals surface area contributed by atoms with Gasteiger partial charge in [0, 0.05) is 11.8 Å². The van der Waals surface area contributed by atoms with Gasteiger partial charge in [-0.25, -0.2) is 0 Å². The van der Waals surface area contributed by atoms with Crippen molar-refractivity contribution in [3.8, 4) is 0 Å². The van der Waals surface area contributed by atoms with Crippen LogP contribution in [0.2, 0.25) is 0 Å². The quantitative estimate of drug-likeness (QED) is 0.549. The van der Waals surface area contributed by atoms with E-state index in [1.165, 1.54) is 28.7 Å². The minimum atomic E-state index is -0.176. The molecule has 2 N–H and O–H groups in total. The first-order chi connectivity index (χ1) is 14.2. The van der Waals surface area contributed by atoms with E-state index < -0.39 is 0 Å². The zero-order valence-corrected chi connectivity index (χ0v) is 16.8. The van der Waals surface area contributed by atoms with Gasteiger partial charge < -0.3 is 5.73 Å². The Morgan fingerprint density at radius 2 is 1.45 bits per heavy atom. The molecule has 2 nitrogen and oxygen atoms in total. The fourth-order valence-corrected chi connectivity index (χ4v) is 4.89. The molecule has 2 unspecified atom stereocenters. The summed E-state index contributed by atoms with van der Waals surface area (Å²) in [6.45, 7) is 0. The molecule has 0 fully saturated rings. The lowest BCUT2D eigenvalue weighted by Gasteiger charge is -2.30. The molecular weight excluding hydrogens is 354 g/mol. The molecule has 1 aliphatic rings. The number of nitrogens with two attached hydrogens (primary N) is 1. The molecule has 148 valence electrons. The highest BCUT2D eigenvalue weighted by atomic mass is 16.1. The Kier molecular flexibility index (Phi) is 6.09. The Morgan fingerprint density at radius 1 is 0.862 bits per heavy atom. The zero-order valence-electron chi connectivity index (χ0n) is 16.8. The van der Waals surface area contributed by atoms with Crippen molar-refractivity contribution in [1.29, 1.82) is 0 Å². The van der Waals surface area contributed by atoms with Crippen LogP contribution in [0.1, 0.15) is 59.8 Å². The van der Waals surface area contributed by atoms with E-state index >= 15 is 0 Å². The number of benzene rings is 3. The molecule has 2 heteroatoms. The van der Waals surface area contributed by atoms with E-state index in [-0.39, 0.29) is 17.7 Å². The molecule has 0 aromatic heterocycles. The van der Waals surface area contributed by atoms with Gasteiger partial charge in [0.1, 0.15) is 0 Å². The van der Waals surface area contributed by atoms with E-state index in [9.17, 15) is 4.79 Å². The number of carbonyl (C=O) groups excluding carboxylic acids is 1. The number of fused-ring (bicyclic) bond motifs is 1. The van der Waals surface area contributed by atoms with Gasteiger partial charge in [0.25, 0.3) is 0 Å². The van der Waals surface area contributed by atoms with Crippen LogP contribution in [0.5, 0.6) is 0 Å². The highest BCUT2D eigenvalue weighted by Crippen LogP contribution is 2.39. The van der Waals surface area contributed by atoms with Crippen molar-refractivity contribution in [2.45, 2.75) is 43.9 Å². The van der Waals surface area contributed by atoms with Crippen LogP contribution >= 0.6 is 0 Å². The summed E-state index contributed by atoms with van der Waals surface area (Å²) in [6.07, 6.45) is 5.06. The van der Waals surface area contributed by atoms with Crippen LogP contribution in [0.15, 0.2) is 84.9 Å². The molecule has 0 aliphatic heterocycles. The molecule has 1 amide bonds. The SMILES string of the molecule is NC(=O)C(CC1CCCc2ccccc21)CC(c1ccccc1)c1ccccc1. The topological polar surface area (TPSA) is 43.1 Å². The second kappa shape index (κ2) is 9.09. The van der Waals surface area contributed by atoms with E-state index in [0.29, 0.717) is 5.92 Å². The summed E-state index contributed by atoms with van der Waals surface area (Å²) >= 11 is 0. The monoisotopic (exact) mass is 383 g/mol. The predicted octanol–water partition coefficient (Wildman–Crippen LogP) is 5.82. The summed E-state index contributed by atoms with van der Waals surface area (Å²) in [5.41, 5.74) is 11.3. The maximum absolute atomic E-state index is 12.5. The Hall–Kier alpha value is -2.87. The Labute approximate surface area is 173 Å². The summed E-state index contributed by atoms with van der Waals surface area (Å²) < 4.78 is 0. The first-order valence-corrected chi connectivity index (χ1v) is 10.7. The van der Waals surface area contributed by atoms with Gasteiger partial charge in [-0.05, 0) is 60.3 Å². The molecular formula is C27H29NO. The molecule has 3 aromatic rings. The lowest BCUT2D eigenvalue weighted by Crippen LogP contribution is -2.28. The summed E-state index contributed by atoms with van der Waals surface area (Å²) in [5, 5.41) is 0. The molecule has 0 radical (unpaired) electrons. The molecule has 0 heterocycles. The van der Waals surface area contributed by atoms with E-state index in [2.05, 4.69) is 72.8 Å². The number of primary amides is 1. The highest BCUT2D eigenvalue weighted by molar-refractivity contribution is 5.77. The van der Waals surface area contributed by atoms with Crippen LogP contribution in [0.4, 0.5) is 0 Å². The molecule has 2 atom stereocenters. The van der Waals surface area contributed by atoms with Gasteiger partial charge >= 0.3 is 0 Å². The second-order valence-electron chi connectivity index (χ2n) is 8.23. The van der Waals surface area contributed by atoms with Gasteiger partial charge in [-0.3, -0.25) is 4.79 Å². The molecule has 0 bridgehead atoms. The normalized spacial score (nSPS) is 16.9. The largest absolute Gasteiger partial charge is 0.369 e. The minimum Gasteiger partial charge on any atom is -0.369 e. The van der Waals surface area contributed by atoms with Gasteiger partial charge in [0.2, 0.25) is 5.91 Å². The van der Waals surface area contributed by atoms with Crippen molar-refractivity contribution >= 4 is 5.91 Å². The van der Waals surface area contributed by atoms with Crippen LogP contribution in [0, 0.1) is 5.92 Å². The number of amides is 1. The minimum absolute atomic E-state index is 0.142. The van der Waals surface area contributed by atoms with E-state index in [1.807, 2.05) is 12.1 Å². The summed E-state index contributed by atoms with van der Waals surface area (Å²) in [6, 6.07) is 29.7. The van der Waals surface area contributed by atoms with Gasteiger partial charge in [-0.1, -0.05) is 84.9 Å². The molecule has 0 spiro atoms. The molecule has 1 aliphatic carbocycles. The second-order valence-corrected chi connectivity index (χ2v) is 8.23. The summed E-state index contributed by atoms with van der Waals surface area (Å²) in [4.78, 5) is 12.5. The van der Waals surface area contributed by atoms with Crippen molar-refractivity contribution in [2.75, 3.05) is 0 Å². The summed E-state index contributed by atoms with van der Waals surface area (Å²) in [7, 11) is 0. The molecule has 0 saturated carbocycles. The molecule has 3 aromatic carbocycles. The maximum Gasteiger partial charge on any atom is 0.220 e. The van der Waals surface area contributed by atoms with Crippen molar-refractivity contribution in [1.82, 2.24) is 0 Å². The smallest absolute Gasteiger partial charge is 0.220 e. The number of hydrogen-bond donors (Lipinski definition) is 1. The third kappa shape index (κ3) is 4.59. The van der Waals surface area contributed by atoms with E-state index in [0.717, 1.165) is 25.7 Å². The molecule has 29 heavy (non-hydrogen) atoms. The fourth-order valence-electron chi connectivity index (χ4n) is 4.89. The average Bonchev–Trinajstić information content (AvgIpc) is 2.77. The standard InChI is InChI=1S/C27H29NO/c28-27(29)24(18-23-16-9-15-20-14-7-8-17-25(20)23)19-26(21-10-3-1-4-11-21)22-12-5-2-6-13-22/h1-8,10-14,17,23-24,26H,9,15-16,18-19H2,(H2,28,29). The van der Waals surface area contributed by atoms with Gasteiger partial charge in [0.15, 0.2) is 0 Å². The number of carbonyl (C=O) groups is 1. The number of aryl methyl sites for hydroxylation is 1. The van der Waals surface area contributed by atoms with Crippen LogP contribution < -0.4 is 5.73 Å². The highest BCUT2D eigenvalue weighted by Gasteiger charge is 2.29. The third-order valence-corrected chi connectivity index (χ3v) is 6.39. The van der Waals surface area contributed by atoms with Gasteiger partial charge in [0.05, 0.1) is 0 Å². The number of rotatable bonds is 7. The first-order valence-electron chi connectivity index (χ1n) is 10.7. The van der Waals surface area contributed by atoms with E-state index in [4.69, 9.17) is 5.73 Å². The van der Waals surface area contributed by atoms with Crippen LogP contribution in [-0.2, 0) is 11.2 Å². The third-order valence-electron chi connectivity index (χ3n) is 6.39. The Bertz CT molecular complexity index is 896. The maximum atomic E-state index is 12.5. The van der Waals surface area contributed by atoms with E-state index in [1.54, 1.807) is 0 Å². The lowest BCUT2D eigenvalue weighted by molar-refractivity contribution is -0.122. The summed E-state index contributed by atoms with van der Waals surface area (Å²) in [5.74, 6) is 0.278. The van der Waals surface area contributed by atoms with Crippen molar-refractivity contribution in [2.24, 2.45) is 11.7 Å². The average molecular weight is 384 g/mol. The van der Waals surface area contributed by atoms with Gasteiger partial charge in [-0.2, -0.15) is 0 Å². The molecule has 0 saturated heterocycles. The fraction of sp³-hybridized carbons (Fsp3) is 0.296.